The zero-order valence-corrected chi connectivity index (χ0v) is 12.1. The molecule has 2 N–H and O–H groups in total. The lowest BCUT2D eigenvalue weighted by Gasteiger charge is -2.24. The molecule has 0 spiro atoms. The van der Waals surface area contributed by atoms with Gasteiger partial charge in [-0.3, -0.25) is 0 Å². The molecule has 0 bridgehead atoms. The van der Waals surface area contributed by atoms with Gasteiger partial charge in [0, 0.05) is 0 Å². The Bertz CT molecular complexity index is 316. The Hall–Kier alpha value is -0.0900. The van der Waals surface area contributed by atoms with E-state index in [1.807, 2.05) is 0 Å². The second kappa shape index (κ2) is 6.19. The molecule has 0 aromatic carbocycles. The molecule has 3 nitrogen and oxygen atoms in total. The average Bonchev–Trinajstić information content (AvgIpc) is 2.24. The summed E-state index contributed by atoms with van der Waals surface area (Å²) in [6, 6.07) is 0. The van der Waals surface area contributed by atoms with Crippen LogP contribution in [0.25, 0.3) is 0 Å². The minimum absolute atomic E-state index is 0.679. The van der Waals surface area contributed by atoms with Crippen molar-refractivity contribution in [2.75, 3.05) is 0 Å². The first kappa shape index (κ1) is 15.0. The van der Waals surface area contributed by atoms with Gasteiger partial charge in [-0.05, 0) is 26.2 Å². The van der Waals surface area contributed by atoms with Gasteiger partial charge in [-0.25, -0.2) is 13.6 Å². The molecule has 0 atom stereocenters. The van der Waals surface area contributed by atoms with Gasteiger partial charge < -0.3 is 0 Å². The zero-order valence-electron chi connectivity index (χ0n) is 11.2. The Morgan fingerprint density at radius 1 is 1.12 bits per heavy atom. The summed E-state index contributed by atoms with van der Waals surface area (Å²) >= 11 is 0. The maximum Gasteiger partial charge on any atom is 0.214 e. The third kappa shape index (κ3) is 4.96. The van der Waals surface area contributed by atoms with E-state index in [0.29, 0.717) is 6.42 Å². The molecule has 0 heterocycles. The molecule has 4 heteroatoms. The molecule has 0 aromatic heterocycles. The van der Waals surface area contributed by atoms with Crippen LogP contribution in [0.5, 0.6) is 0 Å². The van der Waals surface area contributed by atoms with Crippen molar-refractivity contribution < 1.29 is 8.42 Å². The summed E-state index contributed by atoms with van der Waals surface area (Å²) in [5, 5.41) is 5.21. The molecule has 1 aliphatic rings. The van der Waals surface area contributed by atoms with Crippen LogP contribution in [0.15, 0.2) is 0 Å². The van der Waals surface area contributed by atoms with E-state index in [2.05, 4.69) is 0 Å². The predicted molar refractivity (Wildman–Crippen MR) is 72.2 cm³/mol. The minimum Gasteiger partial charge on any atom is -0.228 e. The topological polar surface area (TPSA) is 60.2 Å². The number of sulfonamides is 1. The Labute approximate surface area is 106 Å². The number of nitrogens with two attached hydrogens (primary N) is 1. The molecule has 1 saturated carbocycles. The second-order valence-corrected chi connectivity index (χ2v) is 8.25. The van der Waals surface area contributed by atoms with E-state index in [4.69, 9.17) is 5.14 Å². The molecule has 0 unspecified atom stereocenters. The van der Waals surface area contributed by atoms with Gasteiger partial charge >= 0.3 is 0 Å². The van der Waals surface area contributed by atoms with Gasteiger partial charge in [0.15, 0.2) is 0 Å². The van der Waals surface area contributed by atoms with Crippen molar-refractivity contribution in [1.29, 1.82) is 0 Å². The Morgan fingerprint density at radius 3 is 2.24 bits per heavy atom. The van der Waals surface area contributed by atoms with Crippen LogP contribution in [0.1, 0.15) is 71.6 Å². The van der Waals surface area contributed by atoms with Crippen molar-refractivity contribution in [3.63, 3.8) is 0 Å². The molecule has 0 amide bonds. The van der Waals surface area contributed by atoms with Crippen LogP contribution >= 0.6 is 0 Å². The predicted octanol–water partition coefficient (Wildman–Crippen LogP) is 3.19. The van der Waals surface area contributed by atoms with Crippen LogP contribution < -0.4 is 5.14 Å². The van der Waals surface area contributed by atoms with Gasteiger partial charge in [0.05, 0.1) is 4.75 Å². The summed E-state index contributed by atoms with van der Waals surface area (Å²) in [5.41, 5.74) is 0. The third-order valence-electron chi connectivity index (χ3n) is 4.14. The molecular weight excluding hydrogens is 234 g/mol. The van der Waals surface area contributed by atoms with Gasteiger partial charge in [-0.15, -0.1) is 0 Å². The van der Waals surface area contributed by atoms with Crippen LogP contribution in [0.3, 0.4) is 0 Å². The highest BCUT2D eigenvalue weighted by atomic mass is 32.2. The molecular formula is C13H27NO2S. The number of rotatable bonds is 6. The first-order valence-corrected chi connectivity index (χ1v) is 8.40. The van der Waals surface area contributed by atoms with E-state index in [9.17, 15) is 8.42 Å². The maximum atomic E-state index is 11.3. The van der Waals surface area contributed by atoms with Crippen molar-refractivity contribution in [2.24, 2.45) is 11.1 Å². The van der Waals surface area contributed by atoms with E-state index in [0.717, 1.165) is 18.8 Å². The van der Waals surface area contributed by atoms with E-state index >= 15 is 0 Å². The quantitative estimate of drug-likeness (QED) is 0.746. The fraction of sp³-hybridized carbons (Fsp3) is 1.00. The van der Waals surface area contributed by atoms with Gasteiger partial charge in [0.2, 0.25) is 10.0 Å². The summed E-state index contributed by atoms with van der Waals surface area (Å²) in [6.07, 6.45) is 11.0. The summed E-state index contributed by atoms with van der Waals surface area (Å²) in [5.74, 6) is 0.890. The van der Waals surface area contributed by atoms with Gasteiger partial charge in [-0.2, -0.15) is 0 Å². The van der Waals surface area contributed by atoms with E-state index in [-0.39, 0.29) is 0 Å². The van der Waals surface area contributed by atoms with Gasteiger partial charge in [0.25, 0.3) is 0 Å². The lowest BCUT2D eigenvalue weighted by atomic mass is 9.85. The number of hydrogen-bond acceptors (Lipinski definition) is 2. The van der Waals surface area contributed by atoms with E-state index in [1.165, 1.54) is 38.5 Å². The third-order valence-corrected chi connectivity index (χ3v) is 5.88. The highest BCUT2D eigenvalue weighted by Crippen LogP contribution is 2.29. The van der Waals surface area contributed by atoms with E-state index < -0.39 is 14.8 Å². The summed E-state index contributed by atoms with van der Waals surface area (Å²) in [4.78, 5) is 0. The summed E-state index contributed by atoms with van der Waals surface area (Å²) in [6.45, 7) is 3.45. The zero-order chi connectivity index (χ0) is 12.9. The summed E-state index contributed by atoms with van der Waals surface area (Å²) in [7, 11) is -3.41. The molecule has 1 rings (SSSR count). The Kier molecular flexibility index (Phi) is 5.45. The second-order valence-electron chi connectivity index (χ2n) is 6.05. The number of hydrogen-bond donors (Lipinski definition) is 1. The number of primary sulfonamides is 1. The first-order valence-electron chi connectivity index (χ1n) is 6.85. The fourth-order valence-electron chi connectivity index (χ4n) is 2.60. The molecule has 1 aliphatic carbocycles. The molecule has 0 aromatic rings. The molecule has 0 aliphatic heterocycles. The standard InChI is InChI=1S/C13H27NO2S/c1-13(2,17(14,15)16)11-7-6-10-12-8-4-3-5-9-12/h12H,3-11H2,1-2H3,(H2,14,15,16). The molecule has 0 saturated heterocycles. The molecule has 102 valence electrons. The van der Waals surface area contributed by atoms with Crippen molar-refractivity contribution in [3.8, 4) is 0 Å². The van der Waals surface area contributed by atoms with Crippen LogP contribution in [-0.2, 0) is 10.0 Å². The highest BCUT2D eigenvalue weighted by Gasteiger charge is 2.30. The SMILES string of the molecule is CC(C)(CCCCC1CCCCC1)S(N)(=O)=O. The lowest BCUT2D eigenvalue weighted by Crippen LogP contribution is -2.37. The van der Waals surface area contributed by atoms with Crippen LogP contribution in [0.2, 0.25) is 0 Å². The van der Waals surface area contributed by atoms with Gasteiger partial charge in [-0.1, -0.05) is 51.4 Å². The van der Waals surface area contributed by atoms with Gasteiger partial charge in [0.1, 0.15) is 0 Å². The van der Waals surface area contributed by atoms with Crippen molar-refractivity contribution in [3.05, 3.63) is 0 Å². The minimum atomic E-state index is -3.41. The Morgan fingerprint density at radius 2 is 1.71 bits per heavy atom. The normalized spacial score (nSPS) is 19.5. The largest absolute Gasteiger partial charge is 0.228 e. The maximum absolute atomic E-state index is 11.3. The molecule has 17 heavy (non-hydrogen) atoms. The highest BCUT2D eigenvalue weighted by molar-refractivity contribution is 7.90. The van der Waals surface area contributed by atoms with Crippen molar-refractivity contribution >= 4 is 10.0 Å². The molecule has 1 fully saturated rings. The monoisotopic (exact) mass is 261 g/mol. The van der Waals surface area contributed by atoms with Crippen molar-refractivity contribution in [1.82, 2.24) is 0 Å². The first-order chi connectivity index (χ1) is 7.83. The molecule has 0 radical (unpaired) electrons. The fourth-order valence-corrected chi connectivity index (χ4v) is 3.03. The van der Waals surface area contributed by atoms with Crippen molar-refractivity contribution in [2.45, 2.75) is 76.4 Å². The number of unbranched alkanes of at least 4 members (excludes halogenated alkanes) is 1. The van der Waals surface area contributed by atoms with E-state index in [1.54, 1.807) is 13.8 Å². The smallest absolute Gasteiger partial charge is 0.214 e. The van der Waals surface area contributed by atoms with Crippen LogP contribution in [0, 0.1) is 5.92 Å². The average molecular weight is 261 g/mol. The Balaban J connectivity index is 2.19. The summed E-state index contributed by atoms with van der Waals surface area (Å²) < 4.78 is 21.9. The lowest BCUT2D eigenvalue weighted by molar-refractivity contribution is 0.326. The van der Waals surface area contributed by atoms with Crippen LogP contribution in [-0.4, -0.2) is 13.2 Å². The van der Waals surface area contributed by atoms with Crippen LogP contribution in [0.4, 0.5) is 0 Å².